The maximum Gasteiger partial charge on any atom is 0.333 e. The monoisotopic (exact) mass is 518 g/mol. The van der Waals surface area contributed by atoms with E-state index >= 15 is 0 Å². The van der Waals surface area contributed by atoms with Crippen LogP contribution >= 0.6 is 0 Å². The standard InChI is InChI=1S/C28H38O7S/c1-6-26(4)16-23(35-24(31)17-34-36(32,33)20-9-7-18(2)8-10-20)27(5)19(3)11-13-28(15-22(26)30)14-12-21(29)25(27)28/h6-10,19,22-23,25,30H,1,11-17H2,2-5H3/t19?,22-,23+,25-,26+,27-,28-/m0/s1. The minimum Gasteiger partial charge on any atom is -0.460 e. The van der Waals surface area contributed by atoms with E-state index in [1.807, 2.05) is 20.8 Å². The lowest BCUT2D eigenvalue weighted by Crippen LogP contribution is -2.60. The molecule has 0 amide bonds. The van der Waals surface area contributed by atoms with Crippen LogP contribution in [0, 0.1) is 35.0 Å². The van der Waals surface area contributed by atoms with Crippen molar-refractivity contribution in [2.24, 2.45) is 28.1 Å². The van der Waals surface area contributed by atoms with E-state index in [2.05, 4.69) is 13.5 Å². The van der Waals surface area contributed by atoms with Gasteiger partial charge in [-0.2, -0.15) is 8.42 Å². The molecule has 0 radical (unpaired) electrons. The lowest BCUT2D eigenvalue weighted by Gasteiger charge is -2.59. The topological polar surface area (TPSA) is 107 Å². The van der Waals surface area contributed by atoms with Crippen LogP contribution in [0.15, 0.2) is 41.8 Å². The fraction of sp³-hybridized carbons (Fsp3) is 0.643. The summed E-state index contributed by atoms with van der Waals surface area (Å²) < 4.78 is 36.2. The molecule has 0 heterocycles. The third-order valence-electron chi connectivity index (χ3n) is 9.62. The molecule has 3 fully saturated rings. The van der Waals surface area contributed by atoms with Gasteiger partial charge in [0, 0.05) is 23.2 Å². The minimum absolute atomic E-state index is 0.0385. The fourth-order valence-corrected chi connectivity index (χ4v) is 7.91. The highest BCUT2D eigenvalue weighted by Crippen LogP contribution is 2.66. The Morgan fingerprint density at radius 1 is 1.19 bits per heavy atom. The summed E-state index contributed by atoms with van der Waals surface area (Å²) in [7, 11) is -4.14. The molecule has 1 unspecified atom stereocenters. The zero-order valence-electron chi connectivity index (χ0n) is 21.7. The molecule has 1 aromatic carbocycles. The number of carbonyl (C=O) groups excluding carboxylic acids is 2. The number of esters is 1. The second-order valence-corrected chi connectivity index (χ2v) is 13.3. The van der Waals surface area contributed by atoms with Gasteiger partial charge in [0.15, 0.2) is 6.61 Å². The van der Waals surface area contributed by atoms with E-state index in [9.17, 15) is 23.1 Å². The van der Waals surface area contributed by atoms with E-state index < -0.39 is 45.7 Å². The van der Waals surface area contributed by atoms with Crippen molar-refractivity contribution in [2.75, 3.05) is 6.61 Å². The van der Waals surface area contributed by atoms with Crippen molar-refractivity contribution in [2.45, 2.75) is 83.3 Å². The van der Waals surface area contributed by atoms with E-state index in [1.165, 1.54) is 12.1 Å². The summed E-state index contributed by atoms with van der Waals surface area (Å²) in [4.78, 5) is 26.3. The summed E-state index contributed by atoms with van der Waals surface area (Å²) in [6.07, 6.45) is 3.98. The zero-order valence-corrected chi connectivity index (χ0v) is 22.5. The Balaban J connectivity index is 1.62. The first kappa shape index (κ1) is 27.0. The van der Waals surface area contributed by atoms with Crippen molar-refractivity contribution < 1.29 is 32.0 Å². The Hall–Kier alpha value is -2.03. The van der Waals surface area contributed by atoms with Crippen molar-refractivity contribution in [3.63, 3.8) is 0 Å². The van der Waals surface area contributed by atoms with Crippen LogP contribution in [-0.2, 0) is 28.6 Å². The maximum atomic E-state index is 13.3. The number of benzene rings is 1. The molecule has 7 atom stereocenters. The molecule has 1 aromatic rings. The molecule has 2 bridgehead atoms. The van der Waals surface area contributed by atoms with Gasteiger partial charge in [0.1, 0.15) is 11.9 Å². The first-order valence-electron chi connectivity index (χ1n) is 12.8. The molecule has 0 saturated heterocycles. The number of Topliss-reactive ketones (excluding diaryl/α,β-unsaturated/α-hetero) is 1. The third-order valence-corrected chi connectivity index (χ3v) is 10.9. The molecule has 1 N–H and O–H groups in total. The molecule has 8 heteroatoms. The summed E-state index contributed by atoms with van der Waals surface area (Å²) in [5.74, 6) is -0.880. The van der Waals surface area contributed by atoms with Gasteiger partial charge in [-0.05, 0) is 62.5 Å². The first-order valence-corrected chi connectivity index (χ1v) is 14.2. The first-order chi connectivity index (χ1) is 16.8. The van der Waals surface area contributed by atoms with Gasteiger partial charge in [0.2, 0.25) is 0 Å². The van der Waals surface area contributed by atoms with Crippen molar-refractivity contribution in [1.82, 2.24) is 0 Å². The van der Waals surface area contributed by atoms with Crippen LogP contribution < -0.4 is 0 Å². The highest BCUT2D eigenvalue weighted by Gasteiger charge is 2.66. The molecule has 4 rings (SSSR count). The zero-order chi connectivity index (χ0) is 26.5. The maximum absolute atomic E-state index is 13.3. The van der Waals surface area contributed by atoms with Crippen molar-refractivity contribution in [3.8, 4) is 0 Å². The number of carbonyl (C=O) groups is 2. The molecule has 0 aliphatic heterocycles. The summed E-state index contributed by atoms with van der Waals surface area (Å²) in [5, 5.41) is 11.3. The third kappa shape index (κ3) is 4.45. The second kappa shape index (κ2) is 9.37. The molecular formula is C28H38O7S. The number of hydrogen-bond donors (Lipinski definition) is 1. The van der Waals surface area contributed by atoms with E-state index in [4.69, 9.17) is 8.92 Å². The smallest absolute Gasteiger partial charge is 0.333 e. The average Bonchev–Trinajstić information content (AvgIpc) is 3.16. The molecule has 3 saturated carbocycles. The van der Waals surface area contributed by atoms with Gasteiger partial charge < -0.3 is 9.84 Å². The Kier molecular flexibility index (Phi) is 7.03. The van der Waals surface area contributed by atoms with Crippen molar-refractivity contribution in [1.29, 1.82) is 0 Å². The molecule has 198 valence electrons. The number of aliphatic hydroxyl groups is 1. The van der Waals surface area contributed by atoms with E-state index in [0.29, 0.717) is 12.8 Å². The lowest BCUT2D eigenvalue weighted by atomic mass is 9.46. The van der Waals surface area contributed by atoms with Crippen LogP contribution in [0.1, 0.15) is 64.9 Å². The van der Waals surface area contributed by atoms with Crippen LogP contribution in [0.4, 0.5) is 0 Å². The van der Waals surface area contributed by atoms with Crippen LogP contribution in [0.2, 0.25) is 0 Å². The predicted octanol–water partition coefficient (Wildman–Crippen LogP) is 4.36. The normalized spacial score (nSPS) is 38.5. The molecule has 3 aliphatic carbocycles. The molecule has 3 aliphatic rings. The minimum atomic E-state index is -4.14. The summed E-state index contributed by atoms with van der Waals surface area (Å²) >= 11 is 0. The molecule has 0 aromatic heterocycles. The number of aliphatic hydroxyl groups excluding tert-OH is 1. The van der Waals surface area contributed by atoms with Gasteiger partial charge in [0.05, 0.1) is 11.0 Å². The summed E-state index contributed by atoms with van der Waals surface area (Å²) in [5.41, 5.74) is -0.820. The van der Waals surface area contributed by atoms with E-state index in [1.54, 1.807) is 18.2 Å². The highest BCUT2D eigenvalue weighted by molar-refractivity contribution is 7.86. The predicted molar refractivity (Wildman–Crippen MR) is 134 cm³/mol. The lowest BCUT2D eigenvalue weighted by molar-refractivity contribution is -0.195. The SMILES string of the molecule is C=C[C@]1(C)C[C@@H](OC(=O)COS(=O)(=O)c2ccc(C)cc2)[C@]2(C)C(C)CC[C@]3(CCC(=O)[C@H]32)C[C@@H]1O. The van der Waals surface area contributed by atoms with Gasteiger partial charge in [-0.1, -0.05) is 44.5 Å². The molecule has 7 nitrogen and oxygen atoms in total. The number of hydrogen-bond acceptors (Lipinski definition) is 7. The van der Waals surface area contributed by atoms with E-state index in [0.717, 1.165) is 24.8 Å². The summed E-state index contributed by atoms with van der Waals surface area (Å²) in [6.45, 7) is 11.1. The van der Waals surface area contributed by atoms with Gasteiger partial charge >= 0.3 is 5.97 Å². The number of ketones is 1. The number of ether oxygens (including phenoxy) is 1. The average molecular weight is 519 g/mol. The highest BCUT2D eigenvalue weighted by atomic mass is 32.2. The van der Waals surface area contributed by atoms with Crippen LogP contribution in [0.25, 0.3) is 0 Å². The Morgan fingerprint density at radius 3 is 2.50 bits per heavy atom. The van der Waals surface area contributed by atoms with Gasteiger partial charge in [0.25, 0.3) is 10.1 Å². The number of rotatable bonds is 6. The Morgan fingerprint density at radius 2 is 1.86 bits per heavy atom. The number of aryl methyl sites for hydroxylation is 1. The molecule has 0 spiro atoms. The Labute approximate surface area is 214 Å². The van der Waals surface area contributed by atoms with E-state index in [-0.39, 0.29) is 34.4 Å². The molecule has 36 heavy (non-hydrogen) atoms. The largest absolute Gasteiger partial charge is 0.460 e. The quantitative estimate of drug-likeness (QED) is 0.339. The van der Waals surface area contributed by atoms with Gasteiger partial charge in [-0.25, -0.2) is 4.79 Å². The van der Waals surface area contributed by atoms with Gasteiger partial charge in [-0.15, -0.1) is 6.58 Å². The van der Waals surface area contributed by atoms with Crippen molar-refractivity contribution in [3.05, 3.63) is 42.5 Å². The second-order valence-electron chi connectivity index (χ2n) is 11.7. The van der Waals surface area contributed by atoms with Crippen molar-refractivity contribution >= 4 is 21.9 Å². The Bertz CT molecular complexity index is 1140. The summed E-state index contributed by atoms with van der Waals surface area (Å²) in [6, 6.07) is 6.16. The van der Waals surface area contributed by atoms with Crippen LogP contribution in [0.5, 0.6) is 0 Å². The van der Waals surface area contributed by atoms with Crippen LogP contribution in [0.3, 0.4) is 0 Å². The fourth-order valence-electron chi connectivity index (χ4n) is 7.06. The van der Waals surface area contributed by atoms with Crippen LogP contribution in [-0.4, -0.2) is 44.1 Å². The van der Waals surface area contributed by atoms with Gasteiger partial charge in [-0.3, -0.25) is 8.98 Å². The molecular weight excluding hydrogens is 480 g/mol.